The lowest BCUT2D eigenvalue weighted by Crippen LogP contribution is -2.44. The van der Waals surface area contributed by atoms with Gasteiger partial charge in [-0.2, -0.15) is 0 Å². The molecule has 2 N–H and O–H groups in total. The van der Waals surface area contributed by atoms with Crippen molar-refractivity contribution in [2.24, 2.45) is 0 Å². The maximum atomic E-state index is 13.0. The lowest BCUT2D eigenvalue weighted by Gasteiger charge is -2.29. The Balaban J connectivity index is 1.64. The molecule has 146 valence electrons. The molecule has 3 rings (SSSR count). The summed E-state index contributed by atoms with van der Waals surface area (Å²) in [7, 11) is 0. The van der Waals surface area contributed by atoms with Crippen LogP contribution in [0.2, 0.25) is 0 Å². The van der Waals surface area contributed by atoms with Gasteiger partial charge in [0, 0.05) is 25.2 Å². The van der Waals surface area contributed by atoms with E-state index in [1.54, 1.807) is 31.2 Å². The fraction of sp³-hybridized carbons (Fsp3) is 0.286. The normalized spacial score (nSPS) is 15.4. The van der Waals surface area contributed by atoms with Gasteiger partial charge in [0.2, 0.25) is 17.7 Å². The third kappa shape index (κ3) is 4.54. The van der Waals surface area contributed by atoms with Gasteiger partial charge in [-0.3, -0.25) is 14.4 Å². The van der Waals surface area contributed by atoms with Crippen molar-refractivity contribution in [1.29, 1.82) is 0 Å². The van der Waals surface area contributed by atoms with Gasteiger partial charge in [0.25, 0.3) is 0 Å². The minimum atomic E-state index is -0.602. The average molecular weight is 383 g/mol. The molecule has 0 saturated carbocycles. The van der Waals surface area contributed by atoms with Crippen LogP contribution in [0.5, 0.6) is 0 Å². The first-order chi connectivity index (χ1) is 13.5. The predicted molar refractivity (Wildman–Crippen MR) is 103 cm³/mol. The molecule has 0 fully saturated rings. The summed E-state index contributed by atoms with van der Waals surface area (Å²) in [6, 6.07) is 13.0. The number of fused-ring (bicyclic) bond motifs is 1. The van der Waals surface area contributed by atoms with Crippen LogP contribution in [0.3, 0.4) is 0 Å². The van der Waals surface area contributed by atoms with E-state index in [-0.39, 0.29) is 43.0 Å². The molecule has 3 amide bonds. The molecule has 1 heterocycles. The first-order valence-corrected chi connectivity index (χ1v) is 9.16. The van der Waals surface area contributed by atoms with Gasteiger partial charge < -0.3 is 15.5 Å². The zero-order valence-electron chi connectivity index (χ0n) is 15.6. The lowest BCUT2D eigenvalue weighted by molar-refractivity contribution is -0.138. The second kappa shape index (κ2) is 8.65. The molecule has 0 saturated heterocycles. The van der Waals surface area contributed by atoms with E-state index < -0.39 is 5.92 Å². The number of rotatable bonds is 6. The van der Waals surface area contributed by atoms with Gasteiger partial charge in [-0.15, -0.1) is 0 Å². The molecule has 0 radical (unpaired) electrons. The van der Waals surface area contributed by atoms with Gasteiger partial charge in [-0.25, -0.2) is 4.39 Å². The van der Waals surface area contributed by atoms with Crippen molar-refractivity contribution >= 4 is 23.4 Å². The summed E-state index contributed by atoms with van der Waals surface area (Å²) in [5.41, 5.74) is 2.16. The quantitative estimate of drug-likeness (QED) is 0.804. The van der Waals surface area contributed by atoms with Crippen LogP contribution in [0.25, 0.3) is 0 Å². The third-order valence-corrected chi connectivity index (χ3v) is 4.73. The van der Waals surface area contributed by atoms with Crippen molar-refractivity contribution < 1.29 is 18.8 Å². The number of nitrogens with zero attached hydrogens (tertiary/aromatic N) is 1. The van der Waals surface area contributed by atoms with Crippen molar-refractivity contribution in [3.63, 3.8) is 0 Å². The summed E-state index contributed by atoms with van der Waals surface area (Å²) < 4.78 is 12.9. The molecule has 0 aliphatic carbocycles. The highest BCUT2D eigenvalue weighted by molar-refractivity contribution is 6.01. The molecular formula is C21H22FN3O3. The number of hydrogen-bond donors (Lipinski definition) is 2. The van der Waals surface area contributed by atoms with Crippen LogP contribution in [0, 0.1) is 5.82 Å². The minimum Gasteiger partial charge on any atom is -0.350 e. The van der Waals surface area contributed by atoms with Crippen molar-refractivity contribution in [3.05, 3.63) is 65.5 Å². The zero-order chi connectivity index (χ0) is 20.1. The standard InChI is InChI=1S/C21H22FN3O3/c1-2-25(13-20(27)23-12-14-7-9-15(22)10-8-14)21(28)17-11-19(26)24-18-6-4-3-5-16(17)18/h3-10,17H,2,11-13H2,1H3,(H,23,27)(H,24,26). The number of benzene rings is 2. The molecular weight excluding hydrogens is 361 g/mol. The molecule has 1 unspecified atom stereocenters. The average Bonchev–Trinajstić information content (AvgIpc) is 2.70. The number of para-hydroxylation sites is 1. The molecule has 28 heavy (non-hydrogen) atoms. The van der Waals surface area contributed by atoms with Crippen LogP contribution >= 0.6 is 0 Å². The highest BCUT2D eigenvalue weighted by atomic mass is 19.1. The second-order valence-electron chi connectivity index (χ2n) is 6.65. The molecule has 1 atom stereocenters. The zero-order valence-corrected chi connectivity index (χ0v) is 15.6. The number of amides is 3. The molecule has 1 aliphatic heterocycles. The van der Waals surface area contributed by atoms with Crippen molar-refractivity contribution in [2.75, 3.05) is 18.4 Å². The Hall–Kier alpha value is -3.22. The first-order valence-electron chi connectivity index (χ1n) is 9.16. The summed E-state index contributed by atoms with van der Waals surface area (Å²) >= 11 is 0. The van der Waals surface area contributed by atoms with Crippen LogP contribution in [0.1, 0.15) is 30.4 Å². The summed E-state index contributed by atoms with van der Waals surface area (Å²) in [5.74, 6) is -1.71. The summed E-state index contributed by atoms with van der Waals surface area (Å²) in [5, 5.41) is 5.50. The monoisotopic (exact) mass is 383 g/mol. The summed E-state index contributed by atoms with van der Waals surface area (Å²) in [6.45, 7) is 2.29. The number of nitrogens with one attached hydrogen (secondary N) is 2. The Morgan fingerprint density at radius 3 is 2.61 bits per heavy atom. The Morgan fingerprint density at radius 1 is 1.18 bits per heavy atom. The Labute approximate surface area is 162 Å². The van der Waals surface area contributed by atoms with E-state index in [4.69, 9.17) is 0 Å². The molecule has 0 aromatic heterocycles. The molecule has 2 aromatic carbocycles. The second-order valence-corrected chi connectivity index (χ2v) is 6.65. The van der Waals surface area contributed by atoms with E-state index in [1.165, 1.54) is 17.0 Å². The Kier molecular flexibility index (Phi) is 6.03. The van der Waals surface area contributed by atoms with Crippen LogP contribution in [0.15, 0.2) is 48.5 Å². The minimum absolute atomic E-state index is 0.0591. The smallest absolute Gasteiger partial charge is 0.239 e. The Morgan fingerprint density at radius 2 is 1.89 bits per heavy atom. The number of carbonyl (C=O) groups is 3. The first kappa shape index (κ1) is 19.5. The van der Waals surface area contributed by atoms with Crippen molar-refractivity contribution in [3.8, 4) is 0 Å². The van der Waals surface area contributed by atoms with Gasteiger partial charge >= 0.3 is 0 Å². The van der Waals surface area contributed by atoms with Gasteiger partial charge in [-0.1, -0.05) is 30.3 Å². The number of carbonyl (C=O) groups excluding carboxylic acids is 3. The molecule has 0 bridgehead atoms. The molecule has 7 heteroatoms. The van der Waals surface area contributed by atoms with E-state index >= 15 is 0 Å². The fourth-order valence-corrected chi connectivity index (χ4v) is 3.23. The van der Waals surface area contributed by atoms with Gasteiger partial charge in [0.05, 0.1) is 12.5 Å². The van der Waals surface area contributed by atoms with Crippen LogP contribution < -0.4 is 10.6 Å². The Bertz CT molecular complexity index is 883. The van der Waals surface area contributed by atoms with Crippen LogP contribution in [-0.2, 0) is 20.9 Å². The molecule has 6 nitrogen and oxygen atoms in total. The third-order valence-electron chi connectivity index (χ3n) is 4.73. The fourth-order valence-electron chi connectivity index (χ4n) is 3.23. The number of likely N-dealkylation sites (N-methyl/N-ethyl adjacent to an activating group) is 1. The van der Waals surface area contributed by atoms with Crippen molar-refractivity contribution in [1.82, 2.24) is 10.2 Å². The lowest BCUT2D eigenvalue weighted by atomic mass is 9.89. The maximum absolute atomic E-state index is 13.0. The van der Waals surface area contributed by atoms with E-state index in [0.717, 1.165) is 11.1 Å². The SMILES string of the molecule is CCN(CC(=O)NCc1ccc(F)cc1)C(=O)C1CC(=O)Nc2ccccc21. The maximum Gasteiger partial charge on any atom is 0.239 e. The van der Waals surface area contributed by atoms with Gasteiger partial charge in [-0.05, 0) is 36.2 Å². The molecule has 0 spiro atoms. The van der Waals surface area contributed by atoms with E-state index in [2.05, 4.69) is 10.6 Å². The topological polar surface area (TPSA) is 78.5 Å². The van der Waals surface area contributed by atoms with Crippen LogP contribution in [-0.4, -0.2) is 35.7 Å². The van der Waals surface area contributed by atoms with Gasteiger partial charge in [0.1, 0.15) is 5.82 Å². The predicted octanol–water partition coefficient (Wildman–Crippen LogP) is 2.42. The van der Waals surface area contributed by atoms with E-state index in [0.29, 0.717) is 12.2 Å². The van der Waals surface area contributed by atoms with Crippen molar-refractivity contribution in [2.45, 2.75) is 25.8 Å². The number of halogens is 1. The number of anilines is 1. The molecule has 2 aromatic rings. The van der Waals surface area contributed by atoms with E-state index in [9.17, 15) is 18.8 Å². The highest BCUT2D eigenvalue weighted by Gasteiger charge is 2.33. The summed E-state index contributed by atoms with van der Waals surface area (Å²) in [4.78, 5) is 38.7. The summed E-state index contributed by atoms with van der Waals surface area (Å²) in [6.07, 6.45) is 0.0591. The van der Waals surface area contributed by atoms with Gasteiger partial charge in [0.15, 0.2) is 0 Å². The van der Waals surface area contributed by atoms with Crippen LogP contribution in [0.4, 0.5) is 10.1 Å². The largest absolute Gasteiger partial charge is 0.350 e. The highest BCUT2D eigenvalue weighted by Crippen LogP contribution is 2.33. The van der Waals surface area contributed by atoms with E-state index in [1.807, 2.05) is 12.1 Å². The molecule has 1 aliphatic rings. The number of hydrogen-bond acceptors (Lipinski definition) is 3.